The van der Waals surface area contributed by atoms with E-state index in [-0.39, 0.29) is 12.1 Å². The summed E-state index contributed by atoms with van der Waals surface area (Å²) in [5.41, 5.74) is 1.85. The van der Waals surface area contributed by atoms with Gasteiger partial charge in [-0.15, -0.1) is 0 Å². The maximum Gasteiger partial charge on any atom is 0.408 e. The summed E-state index contributed by atoms with van der Waals surface area (Å²) < 4.78 is 5.31. The largest absolute Gasteiger partial charge is 0.444 e. The van der Waals surface area contributed by atoms with Crippen LogP contribution in [0, 0.1) is 0 Å². The Morgan fingerprint density at radius 3 is 2.42 bits per heavy atom. The third kappa shape index (κ3) is 5.71. The van der Waals surface area contributed by atoms with Crippen molar-refractivity contribution in [2.45, 2.75) is 45.8 Å². The van der Waals surface area contributed by atoms with E-state index in [4.69, 9.17) is 4.74 Å². The molecule has 1 amide bonds. The van der Waals surface area contributed by atoms with Crippen molar-refractivity contribution in [3.63, 3.8) is 0 Å². The van der Waals surface area contributed by atoms with Crippen molar-refractivity contribution < 1.29 is 9.53 Å². The first-order valence-corrected chi connectivity index (χ1v) is 8.77. The summed E-state index contributed by atoms with van der Waals surface area (Å²) in [6.07, 6.45) is 0.809. The lowest BCUT2D eigenvalue weighted by Gasteiger charge is -2.24. The lowest BCUT2D eigenvalue weighted by molar-refractivity contribution is 0.0508. The summed E-state index contributed by atoms with van der Waals surface area (Å²) in [5, 5.41) is 2.89. The SMILES string of the molecule is C[C@H](NC(=O)OC(C)(C)C)c1ccc(N2CCCN(C)CC2)cc1. The topological polar surface area (TPSA) is 44.8 Å². The molecule has 1 heterocycles. The molecule has 2 rings (SSSR count). The molecule has 0 aromatic heterocycles. The van der Waals surface area contributed by atoms with E-state index in [1.807, 2.05) is 27.7 Å². The molecule has 134 valence electrons. The number of amides is 1. The van der Waals surface area contributed by atoms with Crippen molar-refractivity contribution >= 4 is 11.8 Å². The zero-order chi connectivity index (χ0) is 17.7. The van der Waals surface area contributed by atoms with E-state index in [1.165, 1.54) is 12.1 Å². The van der Waals surface area contributed by atoms with Crippen LogP contribution in [0.15, 0.2) is 24.3 Å². The lowest BCUT2D eigenvalue weighted by atomic mass is 10.1. The summed E-state index contributed by atoms with van der Waals surface area (Å²) in [6, 6.07) is 8.39. The van der Waals surface area contributed by atoms with E-state index in [0.717, 1.165) is 31.7 Å². The molecule has 1 aliphatic heterocycles. The van der Waals surface area contributed by atoms with Crippen LogP contribution >= 0.6 is 0 Å². The van der Waals surface area contributed by atoms with Gasteiger partial charge in [-0.2, -0.15) is 0 Å². The van der Waals surface area contributed by atoms with Crippen LogP contribution in [-0.4, -0.2) is 49.8 Å². The highest BCUT2D eigenvalue weighted by Crippen LogP contribution is 2.21. The summed E-state index contributed by atoms with van der Waals surface area (Å²) in [6.45, 7) is 12.0. The molecule has 5 heteroatoms. The van der Waals surface area contributed by atoms with E-state index < -0.39 is 5.60 Å². The highest BCUT2D eigenvalue weighted by atomic mass is 16.6. The van der Waals surface area contributed by atoms with Crippen molar-refractivity contribution in [2.24, 2.45) is 0 Å². The molecule has 0 radical (unpaired) electrons. The second kappa shape index (κ2) is 7.88. The number of likely N-dealkylation sites (N-methyl/N-ethyl adjacent to an activating group) is 1. The molecule has 1 fully saturated rings. The lowest BCUT2D eigenvalue weighted by Crippen LogP contribution is -2.34. The van der Waals surface area contributed by atoms with Crippen LogP contribution in [0.3, 0.4) is 0 Å². The van der Waals surface area contributed by atoms with Crippen molar-refractivity contribution in [1.29, 1.82) is 0 Å². The van der Waals surface area contributed by atoms with Gasteiger partial charge in [0.1, 0.15) is 5.60 Å². The van der Waals surface area contributed by atoms with Gasteiger partial charge in [0, 0.05) is 25.3 Å². The number of alkyl carbamates (subject to hydrolysis) is 1. The van der Waals surface area contributed by atoms with Gasteiger partial charge < -0.3 is 19.9 Å². The summed E-state index contributed by atoms with van der Waals surface area (Å²) >= 11 is 0. The Labute approximate surface area is 146 Å². The molecule has 0 spiro atoms. The number of hydrogen-bond acceptors (Lipinski definition) is 4. The van der Waals surface area contributed by atoms with Crippen molar-refractivity contribution in [1.82, 2.24) is 10.2 Å². The maximum absolute atomic E-state index is 11.9. The molecule has 1 aromatic rings. The Bertz CT molecular complexity index is 537. The van der Waals surface area contributed by atoms with Crippen molar-refractivity contribution in [3.05, 3.63) is 29.8 Å². The smallest absolute Gasteiger partial charge is 0.408 e. The Hall–Kier alpha value is -1.75. The van der Waals surface area contributed by atoms with Crippen LogP contribution < -0.4 is 10.2 Å². The maximum atomic E-state index is 11.9. The average molecular weight is 333 g/mol. The van der Waals surface area contributed by atoms with Gasteiger partial charge in [-0.25, -0.2) is 4.79 Å². The zero-order valence-electron chi connectivity index (χ0n) is 15.6. The summed E-state index contributed by atoms with van der Waals surface area (Å²) in [7, 11) is 2.18. The van der Waals surface area contributed by atoms with E-state index in [2.05, 4.69) is 46.4 Å². The van der Waals surface area contributed by atoms with Gasteiger partial charge in [0.05, 0.1) is 6.04 Å². The predicted molar refractivity (Wildman–Crippen MR) is 98.6 cm³/mol. The molecule has 1 aromatic carbocycles. The molecule has 1 atom stereocenters. The van der Waals surface area contributed by atoms with Crippen LogP contribution in [0.1, 0.15) is 45.7 Å². The number of hydrogen-bond donors (Lipinski definition) is 1. The summed E-state index contributed by atoms with van der Waals surface area (Å²) in [4.78, 5) is 16.7. The zero-order valence-corrected chi connectivity index (χ0v) is 15.6. The molecular formula is C19H31N3O2. The minimum absolute atomic E-state index is 0.0795. The second-order valence-corrected chi connectivity index (χ2v) is 7.60. The molecule has 0 saturated carbocycles. The molecule has 0 aliphatic carbocycles. The monoisotopic (exact) mass is 333 g/mol. The molecule has 24 heavy (non-hydrogen) atoms. The van der Waals surface area contributed by atoms with Crippen LogP contribution in [0.25, 0.3) is 0 Å². The molecular weight excluding hydrogens is 302 g/mol. The highest BCUT2D eigenvalue weighted by Gasteiger charge is 2.18. The fraction of sp³-hybridized carbons (Fsp3) is 0.632. The van der Waals surface area contributed by atoms with Crippen LogP contribution in [-0.2, 0) is 4.74 Å². The predicted octanol–water partition coefficient (Wildman–Crippen LogP) is 3.41. The highest BCUT2D eigenvalue weighted by molar-refractivity contribution is 5.68. The minimum Gasteiger partial charge on any atom is -0.444 e. The molecule has 1 N–H and O–H groups in total. The number of benzene rings is 1. The molecule has 0 bridgehead atoms. The standard InChI is InChI=1S/C19H31N3O2/c1-15(20-18(23)24-19(2,3)4)16-7-9-17(10-8-16)22-12-6-11-21(5)13-14-22/h7-10,15H,6,11-14H2,1-5H3,(H,20,23)/t15-/m0/s1. The first kappa shape index (κ1) is 18.6. The molecule has 1 aliphatic rings. The first-order chi connectivity index (χ1) is 11.2. The van der Waals surface area contributed by atoms with E-state index in [0.29, 0.717) is 0 Å². The first-order valence-electron chi connectivity index (χ1n) is 8.77. The Morgan fingerprint density at radius 1 is 1.12 bits per heavy atom. The number of carbonyl (C=O) groups excluding carboxylic acids is 1. The Kier molecular flexibility index (Phi) is 6.10. The van der Waals surface area contributed by atoms with Crippen LogP contribution in [0.5, 0.6) is 0 Å². The molecule has 1 saturated heterocycles. The summed E-state index contributed by atoms with van der Waals surface area (Å²) in [5.74, 6) is 0. The van der Waals surface area contributed by atoms with Gasteiger partial charge >= 0.3 is 6.09 Å². The second-order valence-electron chi connectivity index (χ2n) is 7.60. The van der Waals surface area contributed by atoms with Gasteiger partial charge in [0.25, 0.3) is 0 Å². The average Bonchev–Trinajstić information content (AvgIpc) is 2.70. The Balaban J connectivity index is 1.94. The van der Waals surface area contributed by atoms with Crippen LogP contribution in [0.4, 0.5) is 10.5 Å². The number of carbonyl (C=O) groups is 1. The normalized spacial score (nSPS) is 18.0. The third-order valence-corrected chi connectivity index (χ3v) is 4.21. The number of rotatable bonds is 3. The molecule has 0 unspecified atom stereocenters. The van der Waals surface area contributed by atoms with E-state index in [9.17, 15) is 4.79 Å². The van der Waals surface area contributed by atoms with E-state index >= 15 is 0 Å². The number of anilines is 1. The number of ether oxygens (including phenoxy) is 1. The fourth-order valence-corrected chi connectivity index (χ4v) is 2.85. The quantitative estimate of drug-likeness (QED) is 0.921. The van der Waals surface area contributed by atoms with E-state index in [1.54, 1.807) is 0 Å². The number of nitrogens with zero attached hydrogens (tertiary/aromatic N) is 2. The molecule has 5 nitrogen and oxygen atoms in total. The minimum atomic E-state index is -0.479. The third-order valence-electron chi connectivity index (χ3n) is 4.21. The fourth-order valence-electron chi connectivity index (χ4n) is 2.85. The van der Waals surface area contributed by atoms with Gasteiger partial charge in [-0.05, 0) is 65.4 Å². The number of nitrogens with one attached hydrogen (secondary N) is 1. The Morgan fingerprint density at radius 2 is 1.79 bits per heavy atom. The van der Waals surface area contributed by atoms with Crippen molar-refractivity contribution in [2.75, 3.05) is 38.1 Å². The van der Waals surface area contributed by atoms with Gasteiger partial charge in [-0.1, -0.05) is 12.1 Å². The van der Waals surface area contributed by atoms with Gasteiger partial charge in [-0.3, -0.25) is 0 Å². The van der Waals surface area contributed by atoms with Gasteiger partial charge in [0.15, 0.2) is 0 Å². The van der Waals surface area contributed by atoms with Gasteiger partial charge in [0.2, 0.25) is 0 Å². The van der Waals surface area contributed by atoms with Crippen LogP contribution in [0.2, 0.25) is 0 Å². The van der Waals surface area contributed by atoms with Crippen molar-refractivity contribution in [3.8, 4) is 0 Å².